The van der Waals surface area contributed by atoms with Crippen LogP contribution in [0.1, 0.15) is 18.4 Å². The van der Waals surface area contributed by atoms with Gasteiger partial charge in [-0.2, -0.15) is 9.61 Å². The molecular weight excluding hydrogens is 256 g/mol. The molecule has 0 spiro atoms. The Hall–Kier alpha value is -1.66. The second-order valence-electron chi connectivity index (χ2n) is 4.69. The molecule has 0 atom stereocenters. The lowest BCUT2D eigenvalue weighted by Crippen LogP contribution is -2.09. The van der Waals surface area contributed by atoms with E-state index in [0.717, 1.165) is 37.5 Å². The highest BCUT2D eigenvalue weighted by molar-refractivity contribution is 5.51. The van der Waals surface area contributed by atoms with Gasteiger partial charge in [-0.25, -0.2) is 4.98 Å². The van der Waals surface area contributed by atoms with Crippen molar-refractivity contribution < 1.29 is 9.47 Å². The fourth-order valence-corrected chi connectivity index (χ4v) is 1.97. The Morgan fingerprint density at radius 1 is 1.20 bits per heavy atom. The Balaban J connectivity index is 1.72. The molecule has 0 saturated heterocycles. The van der Waals surface area contributed by atoms with E-state index >= 15 is 0 Å². The van der Waals surface area contributed by atoms with Crippen LogP contribution in [0.15, 0.2) is 18.5 Å². The van der Waals surface area contributed by atoms with Crippen molar-refractivity contribution in [2.24, 2.45) is 0 Å². The van der Waals surface area contributed by atoms with E-state index in [1.165, 1.54) is 5.56 Å². The lowest BCUT2D eigenvalue weighted by molar-refractivity contribution is 0.0691. The third-order valence-corrected chi connectivity index (χ3v) is 2.98. The van der Waals surface area contributed by atoms with E-state index in [9.17, 15) is 0 Å². The number of nitrogens with one attached hydrogen (secondary N) is 1. The van der Waals surface area contributed by atoms with Gasteiger partial charge in [0.1, 0.15) is 12.1 Å². The highest BCUT2D eigenvalue weighted by Gasteiger charge is 2.03. The van der Waals surface area contributed by atoms with Crippen LogP contribution in [0, 0.1) is 6.92 Å². The van der Waals surface area contributed by atoms with Crippen LogP contribution in [0.5, 0.6) is 0 Å². The monoisotopic (exact) mass is 278 g/mol. The van der Waals surface area contributed by atoms with Crippen molar-refractivity contribution >= 4 is 11.5 Å². The van der Waals surface area contributed by atoms with E-state index in [1.807, 2.05) is 10.6 Å². The summed E-state index contributed by atoms with van der Waals surface area (Å²) in [6.07, 6.45) is 3.66. The number of aryl methyl sites for hydroxylation is 1. The maximum atomic E-state index is 5.42. The summed E-state index contributed by atoms with van der Waals surface area (Å²) in [7, 11) is 1.68. The smallest absolute Gasteiger partial charge is 0.157 e. The van der Waals surface area contributed by atoms with Gasteiger partial charge in [0, 0.05) is 20.3 Å². The summed E-state index contributed by atoms with van der Waals surface area (Å²) in [5.74, 6) is 0.984. The average Bonchev–Trinajstić information content (AvgIpc) is 2.89. The summed E-state index contributed by atoms with van der Waals surface area (Å²) in [6.45, 7) is 5.06. The molecule has 1 N–H and O–H groups in total. The predicted octanol–water partition coefficient (Wildman–Crippen LogP) is 1.89. The van der Waals surface area contributed by atoms with Crippen LogP contribution in [0.3, 0.4) is 0 Å². The molecule has 0 amide bonds. The molecule has 2 heterocycles. The number of aromatic nitrogens is 3. The molecule has 0 fully saturated rings. The number of anilines is 1. The molecule has 20 heavy (non-hydrogen) atoms. The number of nitrogens with zero attached hydrogens (tertiary/aromatic N) is 3. The summed E-state index contributed by atoms with van der Waals surface area (Å²) in [4.78, 5) is 4.21. The number of hydrogen-bond donors (Lipinski definition) is 1. The van der Waals surface area contributed by atoms with Crippen molar-refractivity contribution in [3.05, 3.63) is 24.0 Å². The maximum Gasteiger partial charge on any atom is 0.157 e. The van der Waals surface area contributed by atoms with Gasteiger partial charge in [-0.1, -0.05) is 0 Å². The van der Waals surface area contributed by atoms with Crippen molar-refractivity contribution in [2.75, 3.05) is 38.8 Å². The molecule has 110 valence electrons. The Bertz CT molecular complexity index is 527. The third kappa shape index (κ3) is 4.18. The third-order valence-electron chi connectivity index (χ3n) is 2.98. The Labute approximate surface area is 119 Å². The summed E-state index contributed by atoms with van der Waals surface area (Å²) in [5.41, 5.74) is 2.05. The van der Waals surface area contributed by atoms with Crippen LogP contribution in [-0.2, 0) is 9.47 Å². The van der Waals surface area contributed by atoms with E-state index in [2.05, 4.69) is 28.4 Å². The summed E-state index contributed by atoms with van der Waals surface area (Å²) in [6, 6.07) is 4.10. The molecule has 2 aromatic heterocycles. The molecule has 6 heteroatoms. The number of pyridine rings is 1. The minimum absolute atomic E-state index is 0.659. The number of methoxy groups -OCH3 is 1. The summed E-state index contributed by atoms with van der Waals surface area (Å²) < 4.78 is 12.2. The average molecular weight is 278 g/mol. The molecule has 6 nitrogen and oxygen atoms in total. The molecule has 0 aliphatic rings. The van der Waals surface area contributed by atoms with Crippen LogP contribution in [0.2, 0.25) is 0 Å². The van der Waals surface area contributed by atoms with E-state index in [4.69, 9.17) is 9.47 Å². The van der Waals surface area contributed by atoms with Gasteiger partial charge < -0.3 is 14.8 Å². The first kappa shape index (κ1) is 14.7. The Kier molecular flexibility index (Phi) is 5.76. The van der Waals surface area contributed by atoms with Crippen molar-refractivity contribution in [3.63, 3.8) is 0 Å². The van der Waals surface area contributed by atoms with Gasteiger partial charge in [0.25, 0.3) is 0 Å². The molecule has 0 aliphatic carbocycles. The number of unbranched alkanes of at least 4 members (excludes halogenated alkanes) is 1. The normalized spacial score (nSPS) is 11.1. The summed E-state index contributed by atoms with van der Waals surface area (Å²) >= 11 is 0. The highest BCUT2D eigenvalue weighted by Crippen LogP contribution is 2.13. The van der Waals surface area contributed by atoms with Gasteiger partial charge in [0.2, 0.25) is 0 Å². The first-order chi connectivity index (χ1) is 9.81. The van der Waals surface area contributed by atoms with Gasteiger partial charge in [-0.05, 0) is 37.5 Å². The van der Waals surface area contributed by atoms with E-state index < -0.39 is 0 Å². The van der Waals surface area contributed by atoms with Gasteiger partial charge in [0.15, 0.2) is 5.65 Å². The Morgan fingerprint density at radius 3 is 2.95 bits per heavy atom. The molecule has 0 aromatic carbocycles. The zero-order chi connectivity index (χ0) is 14.2. The first-order valence-electron chi connectivity index (χ1n) is 6.92. The maximum absolute atomic E-state index is 5.42. The van der Waals surface area contributed by atoms with Crippen molar-refractivity contribution in [2.45, 2.75) is 19.8 Å². The van der Waals surface area contributed by atoms with E-state index in [1.54, 1.807) is 13.4 Å². The van der Waals surface area contributed by atoms with Gasteiger partial charge in [0.05, 0.1) is 13.2 Å². The lowest BCUT2D eigenvalue weighted by atomic mass is 10.3. The molecule has 0 unspecified atom stereocenters. The standard InChI is InChI=1S/C14H22N4O2/c1-12-9-13(18-14(10-12)16-11-17-18)15-5-3-4-6-20-8-7-19-2/h9-11,15H,3-8H2,1-2H3. The zero-order valence-corrected chi connectivity index (χ0v) is 12.1. The van der Waals surface area contributed by atoms with Crippen LogP contribution < -0.4 is 5.32 Å². The van der Waals surface area contributed by atoms with E-state index in [0.29, 0.717) is 13.2 Å². The van der Waals surface area contributed by atoms with Crippen molar-refractivity contribution in [1.29, 1.82) is 0 Å². The van der Waals surface area contributed by atoms with Crippen molar-refractivity contribution in [3.8, 4) is 0 Å². The first-order valence-corrected chi connectivity index (χ1v) is 6.92. The molecule has 0 saturated carbocycles. The second kappa shape index (κ2) is 7.81. The number of ether oxygens (including phenoxy) is 2. The molecule has 0 bridgehead atoms. The lowest BCUT2D eigenvalue weighted by Gasteiger charge is -2.09. The minimum Gasteiger partial charge on any atom is -0.382 e. The Morgan fingerprint density at radius 2 is 2.10 bits per heavy atom. The largest absolute Gasteiger partial charge is 0.382 e. The summed E-state index contributed by atoms with van der Waals surface area (Å²) in [5, 5.41) is 7.61. The number of hydrogen-bond acceptors (Lipinski definition) is 5. The molecular formula is C14H22N4O2. The molecule has 0 radical (unpaired) electrons. The van der Waals surface area contributed by atoms with Crippen molar-refractivity contribution in [1.82, 2.24) is 14.6 Å². The van der Waals surface area contributed by atoms with Gasteiger partial charge in [-0.3, -0.25) is 0 Å². The number of fused-ring (bicyclic) bond motifs is 1. The second-order valence-corrected chi connectivity index (χ2v) is 4.69. The highest BCUT2D eigenvalue weighted by atomic mass is 16.5. The zero-order valence-electron chi connectivity index (χ0n) is 12.1. The molecule has 2 aromatic rings. The van der Waals surface area contributed by atoms with Gasteiger partial charge in [-0.15, -0.1) is 0 Å². The van der Waals surface area contributed by atoms with Gasteiger partial charge >= 0.3 is 0 Å². The van der Waals surface area contributed by atoms with Crippen LogP contribution >= 0.6 is 0 Å². The fourth-order valence-electron chi connectivity index (χ4n) is 1.97. The molecule has 2 rings (SSSR count). The number of rotatable bonds is 9. The quantitative estimate of drug-likeness (QED) is 0.710. The van der Waals surface area contributed by atoms with Crippen LogP contribution in [-0.4, -0.2) is 48.1 Å². The van der Waals surface area contributed by atoms with Crippen LogP contribution in [0.4, 0.5) is 5.82 Å². The van der Waals surface area contributed by atoms with E-state index in [-0.39, 0.29) is 0 Å². The minimum atomic E-state index is 0.659. The predicted molar refractivity (Wildman–Crippen MR) is 78.1 cm³/mol. The topological polar surface area (TPSA) is 60.7 Å². The SMILES string of the molecule is COCCOCCCCNc1cc(C)cc2ncnn12. The fraction of sp³-hybridized carbons (Fsp3) is 0.571. The molecule has 0 aliphatic heterocycles. The van der Waals surface area contributed by atoms with Crippen LogP contribution in [0.25, 0.3) is 5.65 Å².